The van der Waals surface area contributed by atoms with Gasteiger partial charge in [0, 0.05) is 13.6 Å². The van der Waals surface area contributed by atoms with Crippen molar-refractivity contribution in [3.8, 4) is 0 Å². The van der Waals surface area contributed by atoms with Crippen LogP contribution in [0.3, 0.4) is 0 Å². The average molecular weight is 249 g/mol. The lowest BCUT2D eigenvalue weighted by atomic mass is 10.1. The summed E-state index contributed by atoms with van der Waals surface area (Å²) in [4.78, 5) is 23.3. The van der Waals surface area contributed by atoms with Gasteiger partial charge < -0.3 is 10.0 Å². The number of nitrogens with zero attached hydrogens (tertiary/aromatic N) is 1. The van der Waals surface area contributed by atoms with E-state index in [9.17, 15) is 18.0 Å². The Balaban J connectivity index is 2.49. The summed E-state index contributed by atoms with van der Waals surface area (Å²) in [7, 11) is -1.57. The number of hydrogen-bond donors (Lipinski definition) is 1. The van der Waals surface area contributed by atoms with Gasteiger partial charge in [0.15, 0.2) is 9.84 Å². The molecule has 1 atom stereocenters. The molecule has 0 bridgehead atoms. The highest BCUT2D eigenvalue weighted by atomic mass is 32.2. The minimum atomic E-state index is -3.07. The van der Waals surface area contributed by atoms with Gasteiger partial charge in [-0.1, -0.05) is 0 Å². The Labute approximate surface area is 94.2 Å². The van der Waals surface area contributed by atoms with E-state index in [1.165, 1.54) is 11.9 Å². The van der Waals surface area contributed by atoms with Crippen molar-refractivity contribution in [3.05, 3.63) is 0 Å². The normalized spacial score (nSPS) is 22.9. The molecule has 92 valence electrons. The summed E-state index contributed by atoms with van der Waals surface area (Å²) in [5.74, 6) is -1.80. The van der Waals surface area contributed by atoms with E-state index < -0.39 is 21.7 Å². The van der Waals surface area contributed by atoms with Gasteiger partial charge in [-0.05, 0) is 6.42 Å². The molecule has 1 aliphatic heterocycles. The first-order valence-corrected chi connectivity index (χ1v) is 6.81. The topological polar surface area (TPSA) is 91.8 Å². The third kappa shape index (κ3) is 3.48. The van der Waals surface area contributed by atoms with Crippen molar-refractivity contribution in [3.63, 3.8) is 0 Å². The molecule has 0 spiro atoms. The number of hydrogen-bond acceptors (Lipinski definition) is 4. The largest absolute Gasteiger partial charge is 0.481 e. The van der Waals surface area contributed by atoms with E-state index in [2.05, 4.69) is 0 Å². The van der Waals surface area contributed by atoms with Crippen LogP contribution in [-0.2, 0) is 19.4 Å². The molecule has 0 aliphatic carbocycles. The average Bonchev–Trinajstić information content (AvgIpc) is 2.54. The summed E-state index contributed by atoms with van der Waals surface area (Å²) in [5.41, 5.74) is 0. The fraction of sp³-hybridized carbons (Fsp3) is 0.778. The van der Waals surface area contributed by atoms with Gasteiger partial charge in [-0.3, -0.25) is 9.59 Å². The van der Waals surface area contributed by atoms with Gasteiger partial charge in [0.1, 0.15) is 0 Å². The van der Waals surface area contributed by atoms with Gasteiger partial charge in [0.05, 0.1) is 23.8 Å². The Morgan fingerprint density at radius 3 is 2.50 bits per heavy atom. The highest BCUT2D eigenvalue weighted by Gasteiger charge is 2.34. The summed E-state index contributed by atoms with van der Waals surface area (Å²) in [6.45, 7) is 0.116. The second-order valence-electron chi connectivity index (χ2n) is 4.00. The number of rotatable bonds is 4. The number of carboxylic acids is 1. The molecule has 1 aliphatic rings. The Morgan fingerprint density at radius 1 is 1.44 bits per heavy atom. The quantitative estimate of drug-likeness (QED) is 0.715. The van der Waals surface area contributed by atoms with Crippen LogP contribution in [0.5, 0.6) is 0 Å². The monoisotopic (exact) mass is 249 g/mol. The molecule has 1 amide bonds. The molecule has 1 heterocycles. The molecule has 1 fully saturated rings. The predicted octanol–water partition coefficient (Wildman–Crippen LogP) is -0.646. The number of carbonyl (C=O) groups is 2. The minimum Gasteiger partial charge on any atom is -0.481 e. The first-order valence-electron chi connectivity index (χ1n) is 4.99. The fourth-order valence-electron chi connectivity index (χ4n) is 1.67. The van der Waals surface area contributed by atoms with Crippen LogP contribution < -0.4 is 0 Å². The van der Waals surface area contributed by atoms with Crippen LogP contribution in [0.15, 0.2) is 0 Å². The molecule has 1 rings (SSSR count). The Hall–Kier alpha value is -1.11. The number of amides is 1. The fourth-order valence-corrected chi connectivity index (χ4v) is 3.41. The molecule has 1 unspecified atom stereocenters. The Kier molecular flexibility index (Phi) is 3.90. The van der Waals surface area contributed by atoms with Crippen molar-refractivity contribution in [2.24, 2.45) is 5.92 Å². The second kappa shape index (κ2) is 4.82. The zero-order valence-electron chi connectivity index (χ0n) is 9.05. The maximum absolute atomic E-state index is 11.7. The maximum Gasteiger partial charge on any atom is 0.305 e. The van der Waals surface area contributed by atoms with E-state index in [0.29, 0.717) is 6.42 Å². The number of aliphatic carboxylic acids is 1. The lowest BCUT2D eigenvalue weighted by Crippen LogP contribution is -2.35. The van der Waals surface area contributed by atoms with Crippen LogP contribution in [0.1, 0.15) is 12.8 Å². The van der Waals surface area contributed by atoms with Crippen molar-refractivity contribution in [2.75, 3.05) is 25.1 Å². The molecule has 1 N–H and O–H groups in total. The smallest absolute Gasteiger partial charge is 0.305 e. The SMILES string of the molecule is CN(CCC(=O)O)C(=O)C1CCS(=O)(=O)C1. The summed E-state index contributed by atoms with van der Waals surface area (Å²) >= 11 is 0. The van der Waals surface area contributed by atoms with E-state index in [1.54, 1.807) is 0 Å². The molecule has 0 saturated carbocycles. The van der Waals surface area contributed by atoms with Crippen molar-refractivity contribution >= 4 is 21.7 Å². The standard InChI is InChI=1S/C9H15NO5S/c1-10(4-2-8(11)12)9(13)7-3-5-16(14,15)6-7/h7H,2-6H2,1H3,(H,11,12). The summed E-state index contributed by atoms with van der Waals surface area (Å²) < 4.78 is 22.3. The number of sulfone groups is 1. The molecule has 6 nitrogen and oxygen atoms in total. The van der Waals surface area contributed by atoms with Gasteiger partial charge in [0.25, 0.3) is 0 Å². The third-order valence-corrected chi connectivity index (χ3v) is 4.39. The molecular weight excluding hydrogens is 234 g/mol. The van der Waals surface area contributed by atoms with Gasteiger partial charge in [-0.15, -0.1) is 0 Å². The Bertz CT molecular complexity index is 389. The van der Waals surface area contributed by atoms with Crippen LogP contribution in [0.2, 0.25) is 0 Å². The van der Waals surface area contributed by atoms with E-state index in [4.69, 9.17) is 5.11 Å². The van der Waals surface area contributed by atoms with Crippen LogP contribution in [0.25, 0.3) is 0 Å². The van der Waals surface area contributed by atoms with E-state index in [0.717, 1.165) is 0 Å². The minimum absolute atomic E-state index is 0.0518. The van der Waals surface area contributed by atoms with Crippen LogP contribution >= 0.6 is 0 Å². The predicted molar refractivity (Wildman–Crippen MR) is 56.7 cm³/mol. The van der Waals surface area contributed by atoms with Gasteiger partial charge in [-0.25, -0.2) is 8.42 Å². The van der Waals surface area contributed by atoms with Crippen molar-refractivity contribution in [1.29, 1.82) is 0 Å². The first kappa shape index (κ1) is 13.0. The molecule has 0 aromatic rings. The molecule has 0 radical (unpaired) electrons. The van der Waals surface area contributed by atoms with Crippen LogP contribution in [-0.4, -0.2) is 55.4 Å². The Morgan fingerprint density at radius 2 is 2.06 bits per heavy atom. The first-order chi connectivity index (χ1) is 7.32. The highest BCUT2D eigenvalue weighted by Crippen LogP contribution is 2.20. The van der Waals surface area contributed by atoms with Gasteiger partial charge in [-0.2, -0.15) is 0 Å². The molecular formula is C9H15NO5S. The van der Waals surface area contributed by atoms with Crippen molar-refractivity contribution < 1.29 is 23.1 Å². The lowest BCUT2D eigenvalue weighted by Gasteiger charge is -2.19. The molecule has 7 heteroatoms. The van der Waals surface area contributed by atoms with E-state index in [1.807, 2.05) is 0 Å². The summed E-state index contributed by atoms with van der Waals surface area (Å²) in [5, 5.41) is 8.46. The van der Waals surface area contributed by atoms with Crippen LogP contribution in [0, 0.1) is 5.92 Å². The highest BCUT2D eigenvalue weighted by molar-refractivity contribution is 7.91. The third-order valence-electron chi connectivity index (χ3n) is 2.62. The molecule has 16 heavy (non-hydrogen) atoms. The second-order valence-corrected chi connectivity index (χ2v) is 6.23. The van der Waals surface area contributed by atoms with Gasteiger partial charge in [0.2, 0.25) is 5.91 Å². The molecule has 1 saturated heterocycles. The number of carboxylic acid groups (broad SMARTS) is 1. The van der Waals surface area contributed by atoms with Gasteiger partial charge >= 0.3 is 5.97 Å². The molecule has 0 aromatic carbocycles. The van der Waals surface area contributed by atoms with Crippen molar-refractivity contribution in [1.82, 2.24) is 4.90 Å². The number of carbonyl (C=O) groups excluding carboxylic acids is 1. The van der Waals surface area contributed by atoms with Crippen LogP contribution in [0.4, 0.5) is 0 Å². The lowest BCUT2D eigenvalue weighted by molar-refractivity contribution is -0.138. The summed E-state index contributed by atoms with van der Waals surface area (Å²) in [6.07, 6.45) is 0.223. The van der Waals surface area contributed by atoms with E-state index >= 15 is 0 Å². The maximum atomic E-state index is 11.7. The zero-order valence-corrected chi connectivity index (χ0v) is 9.87. The van der Waals surface area contributed by atoms with Crippen molar-refractivity contribution in [2.45, 2.75) is 12.8 Å². The molecule has 0 aromatic heterocycles. The summed E-state index contributed by atoms with van der Waals surface area (Å²) in [6, 6.07) is 0. The van der Waals surface area contributed by atoms with E-state index in [-0.39, 0.29) is 30.4 Å². The zero-order chi connectivity index (χ0) is 12.3.